The van der Waals surface area contributed by atoms with Crippen LogP contribution in [0.15, 0.2) is 0 Å². The van der Waals surface area contributed by atoms with Crippen molar-refractivity contribution in [3.63, 3.8) is 0 Å². The zero-order chi connectivity index (χ0) is 13.8. The van der Waals surface area contributed by atoms with Crippen LogP contribution in [0.5, 0.6) is 0 Å². The van der Waals surface area contributed by atoms with E-state index in [1.165, 1.54) is 0 Å². The van der Waals surface area contributed by atoms with E-state index < -0.39 is 17.5 Å². The number of nitrogens with one attached hydrogen (secondary N) is 2. The third-order valence-electron chi connectivity index (χ3n) is 3.31. The molecule has 0 radical (unpaired) electrons. The Morgan fingerprint density at radius 1 is 1.56 bits per heavy atom. The van der Waals surface area contributed by atoms with E-state index in [1.807, 2.05) is 0 Å². The van der Waals surface area contributed by atoms with E-state index in [0.717, 1.165) is 0 Å². The molecular weight excluding hydrogens is 249 g/mol. The number of rotatable bonds is 5. The molecule has 0 aromatic carbocycles. The number of amides is 1. The molecule has 1 fully saturated rings. The van der Waals surface area contributed by atoms with E-state index in [4.69, 9.17) is 5.11 Å². The van der Waals surface area contributed by atoms with E-state index in [9.17, 15) is 18.0 Å². The van der Waals surface area contributed by atoms with Crippen molar-refractivity contribution < 1.29 is 23.1 Å². The molecule has 0 bridgehead atoms. The van der Waals surface area contributed by atoms with Gasteiger partial charge in [0.05, 0.1) is 0 Å². The van der Waals surface area contributed by atoms with Crippen LogP contribution < -0.4 is 10.6 Å². The lowest BCUT2D eigenvalue weighted by molar-refractivity contribution is -0.216. The Morgan fingerprint density at radius 3 is 2.67 bits per heavy atom. The van der Waals surface area contributed by atoms with Gasteiger partial charge in [-0.05, 0) is 32.7 Å². The molecule has 2 atom stereocenters. The highest BCUT2D eigenvalue weighted by Gasteiger charge is 2.61. The highest BCUT2D eigenvalue weighted by atomic mass is 19.4. The van der Waals surface area contributed by atoms with Gasteiger partial charge in [-0.1, -0.05) is 0 Å². The highest BCUT2D eigenvalue weighted by Crippen LogP contribution is 2.43. The van der Waals surface area contributed by atoms with E-state index in [2.05, 4.69) is 10.6 Å². The van der Waals surface area contributed by atoms with Crippen molar-refractivity contribution >= 4 is 5.91 Å². The van der Waals surface area contributed by atoms with Gasteiger partial charge in [0.1, 0.15) is 0 Å². The van der Waals surface area contributed by atoms with Crippen LogP contribution in [0.2, 0.25) is 0 Å². The summed E-state index contributed by atoms with van der Waals surface area (Å²) in [6, 6.07) is -0.371. The normalized spacial score (nSPS) is 26.1. The zero-order valence-corrected chi connectivity index (χ0v) is 10.3. The highest BCUT2D eigenvalue weighted by molar-refractivity contribution is 5.84. The molecule has 18 heavy (non-hydrogen) atoms. The molecule has 1 aliphatic rings. The van der Waals surface area contributed by atoms with Gasteiger partial charge in [-0.3, -0.25) is 4.79 Å². The molecule has 1 heterocycles. The molecule has 1 rings (SSSR count). The Bertz CT molecular complexity index is 289. The molecule has 0 aromatic rings. The van der Waals surface area contributed by atoms with Gasteiger partial charge in [0, 0.05) is 19.2 Å². The van der Waals surface area contributed by atoms with Gasteiger partial charge in [-0.15, -0.1) is 0 Å². The number of carbonyl (C=O) groups excluding carboxylic acids is 1. The maximum Gasteiger partial charge on any atom is 0.404 e. The van der Waals surface area contributed by atoms with Crippen molar-refractivity contribution in [2.24, 2.45) is 5.41 Å². The number of aliphatic hydroxyl groups is 1. The third-order valence-corrected chi connectivity index (χ3v) is 3.31. The third kappa shape index (κ3) is 3.14. The number of halogens is 3. The van der Waals surface area contributed by atoms with Crippen molar-refractivity contribution in [2.75, 3.05) is 19.7 Å². The van der Waals surface area contributed by atoms with Crippen molar-refractivity contribution in [2.45, 2.75) is 38.4 Å². The molecule has 0 saturated carbocycles. The average Bonchev–Trinajstić information content (AvgIpc) is 2.75. The van der Waals surface area contributed by atoms with Crippen molar-refractivity contribution in [1.82, 2.24) is 10.6 Å². The second kappa shape index (κ2) is 5.88. The maximum absolute atomic E-state index is 13.0. The van der Waals surface area contributed by atoms with Gasteiger partial charge in [-0.25, -0.2) is 0 Å². The minimum absolute atomic E-state index is 0.0355. The summed E-state index contributed by atoms with van der Waals surface area (Å²) in [4.78, 5) is 11.9. The molecule has 4 nitrogen and oxygen atoms in total. The minimum Gasteiger partial charge on any atom is -0.396 e. The molecule has 106 valence electrons. The molecule has 1 saturated heterocycles. The largest absolute Gasteiger partial charge is 0.404 e. The Balaban J connectivity index is 2.67. The van der Waals surface area contributed by atoms with E-state index in [0.29, 0.717) is 12.8 Å². The summed E-state index contributed by atoms with van der Waals surface area (Å²) in [6.07, 6.45) is -3.85. The van der Waals surface area contributed by atoms with E-state index >= 15 is 0 Å². The lowest BCUT2D eigenvalue weighted by Gasteiger charge is -2.30. The van der Waals surface area contributed by atoms with Crippen molar-refractivity contribution in [1.29, 1.82) is 0 Å². The molecular formula is C11H19F3N2O2. The molecule has 0 spiro atoms. The maximum atomic E-state index is 13.0. The fraction of sp³-hybridized carbons (Fsp3) is 0.909. The van der Waals surface area contributed by atoms with Gasteiger partial charge in [0.25, 0.3) is 0 Å². The smallest absolute Gasteiger partial charge is 0.396 e. The second-order valence-electron chi connectivity index (χ2n) is 4.75. The number of hydrogen-bond donors (Lipinski definition) is 3. The van der Waals surface area contributed by atoms with Gasteiger partial charge in [0.15, 0.2) is 5.41 Å². The molecule has 0 aliphatic carbocycles. The first-order valence-electron chi connectivity index (χ1n) is 6.03. The summed E-state index contributed by atoms with van der Waals surface area (Å²) in [5.41, 5.74) is -2.31. The predicted molar refractivity (Wildman–Crippen MR) is 59.9 cm³/mol. The number of aliphatic hydroxyl groups excluding tert-OH is 1. The Morgan fingerprint density at radius 2 is 2.22 bits per heavy atom. The second-order valence-corrected chi connectivity index (χ2v) is 4.75. The van der Waals surface area contributed by atoms with Crippen LogP contribution in [0, 0.1) is 5.41 Å². The fourth-order valence-electron chi connectivity index (χ4n) is 2.09. The van der Waals surface area contributed by atoms with Crippen LogP contribution >= 0.6 is 0 Å². The van der Waals surface area contributed by atoms with Crippen LogP contribution in [-0.4, -0.2) is 42.9 Å². The molecule has 7 heteroatoms. The molecule has 1 aliphatic heterocycles. The van der Waals surface area contributed by atoms with Crippen molar-refractivity contribution in [3.05, 3.63) is 0 Å². The quantitative estimate of drug-likeness (QED) is 0.691. The van der Waals surface area contributed by atoms with Crippen LogP contribution in [0.4, 0.5) is 13.2 Å². The van der Waals surface area contributed by atoms with Gasteiger partial charge in [-0.2, -0.15) is 13.2 Å². The van der Waals surface area contributed by atoms with Gasteiger partial charge < -0.3 is 15.7 Å². The molecule has 0 aromatic heterocycles. The summed E-state index contributed by atoms with van der Waals surface area (Å²) < 4.78 is 39.1. The van der Waals surface area contributed by atoms with Crippen LogP contribution in [0.3, 0.4) is 0 Å². The monoisotopic (exact) mass is 268 g/mol. The number of carbonyl (C=O) groups is 1. The lowest BCUT2D eigenvalue weighted by Crippen LogP contribution is -2.54. The first-order chi connectivity index (χ1) is 8.33. The first kappa shape index (κ1) is 15.2. The van der Waals surface area contributed by atoms with Crippen molar-refractivity contribution in [3.8, 4) is 0 Å². The molecule has 2 unspecified atom stereocenters. The van der Waals surface area contributed by atoms with E-state index in [-0.39, 0.29) is 32.2 Å². The summed E-state index contributed by atoms with van der Waals surface area (Å²) in [5, 5.41) is 13.6. The summed E-state index contributed by atoms with van der Waals surface area (Å²) in [5.74, 6) is -0.967. The minimum atomic E-state index is -4.54. The molecule has 3 N–H and O–H groups in total. The number of hydrogen-bond acceptors (Lipinski definition) is 3. The van der Waals surface area contributed by atoms with Crippen LogP contribution in [0.25, 0.3) is 0 Å². The predicted octanol–water partition coefficient (Wildman–Crippen LogP) is 0.806. The zero-order valence-electron chi connectivity index (χ0n) is 10.3. The first-order valence-corrected chi connectivity index (χ1v) is 6.03. The Labute approximate surface area is 104 Å². The average molecular weight is 268 g/mol. The van der Waals surface area contributed by atoms with Crippen LogP contribution in [0.1, 0.15) is 26.2 Å². The van der Waals surface area contributed by atoms with Gasteiger partial charge in [0.2, 0.25) is 5.91 Å². The van der Waals surface area contributed by atoms with Crippen LogP contribution in [-0.2, 0) is 4.79 Å². The molecule has 1 amide bonds. The summed E-state index contributed by atoms with van der Waals surface area (Å²) in [6.45, 7) is 1.43. The lowest BCUT2D eigenvalue weighted by atomic mass is 9.85. The standard InChI is InChI=1S/C11H19F3N2O2/c1-8(3-2-6-17)16-9(18)10(11(12,13)14)4-5-15-7-10/h8,15,17H,2-7H2,1H3,(H,16,18). The summed E-state index contributed by atoms with van der Waals surface area (Å²) >= 11 is 0. The Hall–Kier alpha value is -0.820. The van der Waals surface area contributed by atoms with Gasteiger partial charge >= 0.3 is 6.18 Å². The van der Waals surface area contributed by atoms with E-state index in [1.54, 1.807) is 6.92 Å². The number of alkyl halides is 3. The topological polar surface area (TPSA) is 61.4 Å². The fourth-order valence-corrected chi connectivity index (χ4v) is 2.09. The SMILES string of the molecule is CC(CCCO)NC(=O)C1(C(F)(F)F)CCNC1. The Kier molecular flexibility index (Phi) is 4.98. The summed E-state index contributed by atoms with van der Waals surface area (Å²) in [7, 11) is 0.